The van der Waals surface area contributed by atoms with E-state index in [4.69, 9.17) is 14.2 Å². The Morgan fingerprint density at radius 3 is 2.26 bits per heavy atom. The molecule has 0 bridgehead atoms. The van der Waals surface area contributed by atoms with Gasteiger partial charge in [-0.25, -0.2) is 0 Å². The van der Waals surface area contributed by atoms with Crippen molar-refractivity contribution in [3.63, 3.8) is 0 Å². The van der Waals surface area contributed by atoms with Gasteiger partial charge in [0.1, 0.15) is 0 Å². The lowest BCUT2D eigenvalue weighted by Gasteiger charge is -2.07. The highest BCUT2D eigenvalue weighted by molar-refractivity contribution is 9.09. The Morgan fingerprint density at radius 2 is 1.48 bits per heavy atom. The lowest BCUT2D eigenvalue weighted by molar-refractivity contribution is 0.0540. The molecule has 1 aliphatic rings. The fourth-order valence-electron chi connectivity index (χ4n) is 2.12. The summed E-state index contributed by atoms with van der Waals surface area (Å²) in [5, 5.41) is 1.07. The van der Waals surface area contributed by atoms with Crippen LogP contribution in [0.15, 0.2) is 36.0 Å². The summed E-state index contributed by atoms with van der Waals surface area (Å²) in [6, 6.07) is 0. The van der Waals surface area contributed by atoms with Crippen molar-refractivity contribution >= 4 is 15.9 Å². The number of rotatable bonds is 15. The van der Waals surface area contributed by atoms with E-state index >= 15 is 0 Å². The van der Waals surface area contributed by atoms with Crippen LogP contribution in [0.2, 0.25) is 0 Å². The van der Waals surface area contributed by atoms with Crippen molar-refractivity contribution in [3.05, 3.63) is 36.0 Å². The van der Waals surface area contributed by atoms with Crippen molar-refractivity contribution < 1.29 is 14.2 Å². The van der Waals surface area contributed by atoms with E-state index in [1.807, 2.05) is 0 Å². The van der Waals surface area contributed by atoms with Gasteiger partial charge in [0, 0.05) is 25.2 Å². The topological polar surface area (TPSA) is 27.7 Å². The number of allylic oxidation sites excluding steroid dienone is 4. The summed E-state index contributed by atoms with van der Waals surface area (Å²) in [5.41, 5.74) is 1.22. The van der Waals surface area contributed by atoms with Crippen LogP contribution in [0.3, 0.4) is 0 Å². The Labute approximate surface area is 149 Å². The molecule has 132 valence electrons. The van der Waals surface area contributed by atoms with Gasteiger partial charge in [-0.2, -0.15) is 0 Å². The predicted octanol–water partition coefficient (Wildman–Crippen LogP) is 4.82. The van der Waals surface area contributed by atoms with Crippen molar-refractivity contribution in [3.8, 4) is 0 Å². The second-order valence-electron chi connectivity index (χ2n) is 5.54. The molecule has 1 rings (SSSR count). The van der Waals surface area contributed by atoms with Crippen molar-refractivity contribution in [1.29, 1.82) is 0 Å². The summed E-state index contributed by atoms with van der Waals surface area (Å²) in [4.78, 5) is 0. The van der Waals surface area contributed by atoms with Crippen LogP contribution in [0.1, 0.15) is 38.5 Å². The molecule has 0 aromatic heterocycles. The molecule has 4 heteroatoms. The van der Waals surface area contributed by atoms with Gasteiger partial charge in [0.2, 0.25) is 0 Å². The van der Waals surface area contributed by atoms with E-state index in [9.17, 15) is 0 Å². The first-order chi connectivity index (χ1) is 11.4. The molecular formula is C19H31BrO3. The summed E-state index contributed by atoms with van der Waals surface area (Å²) in [7, 11) is 0. The molecule has 0 atom stereocenters. The molecule has 0 amide bonds. The minimum Gasteiger partial charge on any atom is -0.381 e. The predicted molar refractivity (Wildman–Crippen MR) is 100 cm³/mol. The van der Waals surface area contributed by atoms with Crippen molar-refractivity contribution in [1.82, 2.24) is 0 Å². The van der Waals surface area contributed by atoms with E-state index in [1.54, 1.807) is 0 Å². The van der Waals surface area contributed by atoms with Gasteiger partial charge in [-0.15, -0.1) is 0 Å². The largest absolute Gasteiger partial charge is 0.381 e. The summed E-state index contributed by atoms with van der Waals surface area (Å²) < 4.78 is 16.8. The minimum atomic E-state index is 0.658. The third-order valence-corrected chi connectivity index (χ3v) is 4.00. The Morgan fingerprint density at radius 1 is 0.783 bits per heavy atom. The third-order valence-electron chi connectivity index (χ3n) is 3.44. The van der Waals surface area contributed by atoms with Crippen molar-refractivity contribution in [2.45, 2.75) is 38.5 Å². The molecule has 3 nitrogen and oxygen atoms in total. The molecule has 0 fully saturated rings. The van der Waals surface area contributed by atoms with Crippen LogP contribution in [0.4, 0.5) is 0 Å². The molecule has 0 saturated carbocycles. The molecule has 0 aromatic carbocycles. The zero-order chi connectivity index (χ0) is 16.4. The maximum atomic E-state index is 5.62. The zero-order valence-electron chi connectivity index (χ0n) is 14.2. The van der Waals surface area contributed by atoms with Gasteiger partial charge < -0.3 is 14.2 Å². The maximum Gasteiger partial charge on any atom is 0.0717 e. The lowest BCUT2D eigenvalue weighted by Crippen LogP contribution is -2.07. The maximum absolute atomic E-state index is 5.62. The molecule has 0 aromatic rings. The van der Waals surface area contributed by atoms with E-state index in [1.165, 1.54) is 18.4 Å². The normalized spacial score (nSPS) is 14.0. The average molecular weight is 387 g/mol. The monoisotopic (exact) mass is 386 g/mol. The van der Waals surface area contributed by atoms with Gasteiger partial charge in [0.15, 0.2) is 0 Å². The molecule has 23 heavy (non-hydrogen) atoms. The minimum absolute atomic E-state index is 0.658. The first kappa shape index (κ1) is 20.6. The summed E-state index contributed by atoms with van der Waals surface area (Å²) in [5.74, 6) is 0. The smallest absolute Gasteiger partial charge is 0.0717 e. The van der Waals surface area contributed by atoms with E-state index in [2.05, 4.69) is 46.3 Å². The molecule has 0 spiro atoms. The van der Waals surface area contributed by atoms with Crippen LogP contribution in [-0.4, -0.2) is 45.0 Å². The molecule has 0 aliphatic heterocycles. The number of hydrogen-bond donors (Lipinski definition) is 0. The van der Waals surface area contributed by atoms with Gasteiger partial charge in [0.05, 0.1) is 19.8 Å². The Hall–Kier alpha value is -0.420. The van der Waals surface area contributed by atoms with Crippen LogP contribution >= 0.6 is 15.9 Å². The zero-order valence-corrected chi connectivity index (χ0v) is 15.8. The number of alkyl halides is 1. The van der Waals surface area contributed by atoms with Crippen LogP contribution in [-0.2, 0) is 14.2 Å². The van der Waals surface area contributed by atoms with Crippen LogP contribution in [0.5, 0.6) is 0 Å². The van der Waals surface area contributed by atoms with E-state index in [0.717, 1.165) is 50.8 Å². The van der Waals surface area contributed by atoms with Crippen molar-refractivity contribution in [2.24, 2.45) is 0 Å². The van der Waals surface area contributed by atoms with Gasteiger partial charge in [0.25, 0.3) is 0 Å². The highest BCUT2D eigenvalue weighted by atomic mass is 79.9. The summed E-state index contributed by atoms with van der Waals surface area (Å²) in [6.07, 6.45) is 17.4. The molecule has 0 N–H and O–H groups in total. The van der Waals surface area contributed by atoms with Gasteiger partial charge in [-0.1, -0.05) is 46.3 Å². The fraction of sp³-hybridized carbons (Fsp3) is 0.684. The molecule has 0 saturated heterocycles. The van der Waals surface area contributed by atoms with E-state index in [-0.39, 0.29) is 0 Å². The molecule has 0 heterocycles. The highest BCUT2D eigenvalue weighted by Gasteiger charge is 1.96. The second-order valence-corrected chi connectivity index (χ2v) is 6.33. The van der Waals surface area contributed by atoms with Crippen molar-refractivity contribution in [2.75, 3.05) is 45.0 Å². The van der Waals surface area contributed by atoms with E-state index in [0.29, 0.717) is 19.8 Å². The third kappa shape index (κ3) is 13.7. The number of unbranched alkanes of at least 4 members (excludes halogenated alkanes) is 3. The van der Waals surface area contributed by atoms with Crippen LogP contribution in [0, 0.1) is 0 Å². The Balaban J connectivity index is 1.76. The Kier molecular flexibility index (Phi) is 14.7. The molecule has 0 unspecified atom stereocenters. The fourth-order valence-corrected chi connectivity index (χ4v) is 2.51. The SMILES string of the molecule is BrCCCCOCCCCCOCCOCC1=CC=CCC=C1. The van der Waals surface area contributed by atoms with Gasteiger partial charge >= 0.3 is 0 Å². The average Bonchev–Trinajstić information content (AvgIpc) is 2.84. The lowest BCUT2D eigenvalue weighted by atomic mass is 10.2. The first-order valence-corrected chi connectivity index (χ1v) is 9.87. The number of halogens is 1. The first-order valence-electron chi connectivity index (χ1n) is 8.75. The quantitative estimate of drug-likeness (QED) is 0.298. The van der Waals surface area contributed by atoms with Gasteiger partial charge in [-0.05, 0) is 44.1 Å². The summed E-state index contributed by atoms with van der Waals surface area (Å²) in [6.45, 7) is 4.58. The molecular weight excluding hydrogens is 356 g/mol. The van der Waals surface area contributed by atoms with Crippen LogP contribution in [0.25, 0.3) is 0 Å². The number of ether oxygens (including phenoxy) is 3. The molecule has 0 radical (unpaired) electrons. The van der Waals surface area contributed by atoms with Crippen LogP contribution < -0.4 is 0 Å². The Bertz CT molecular complexity index is 351. The van der Waals surface area contributed by atoms with E-state index < -0.39 is 0 Å². The second kappa shape index (κ2) is 16.4. The molecule has 1 aliphatic carbocycles. The number of hydrogen-bond acceptors (Lipinski definition) is 3. The standard InChI is InChI=1S/C19H31BrO3/c20-12-6-9-15-21-13-7-3-8-14-22-16-17-23-18-19-10-4-1-2-5-11-19/h1,4-5,10-11H,2-3,6-9,12-18H2. The summed E-state index contributed by atoms with van der Waals surface area (Å²) >= 11 is 3.42. The highest BCUT2D eigenvalue weighted by Crippen LogP contribution is 2.05. The van der Waals surface area contributed by atoms with Gasteiger partial charge in [-0.3, -0.25) is 0 Å².